The molecule has 0 fully saturated rings. The van der Waals surface area contributed by atoms with E-state index in [2.05, 4.69) is 26.2 Å². The molecule has 1 N–H and O–H groups in total. The Kier molecular flexibility index (Phi) is 4.20. The highest BCUT2D eigenvalue weighted by Crippen LogP contribution is 2.23. The van der Waals surface area contributed by atoms with Crippen LogP contribution in [0, 0.1) is 0 Å². The number of benzene rings is 1. The summed E-state index contributed by atoms with van der Waals surface area (Å²) in [6.45, 7) is 0. The van der Waals surface area contributed by atoms with Crippen molar-refractivity contribution in [1.29, 1.82) is 0 Å². The molecule has 0 unspecified atom stereocenters. The normalized spacial score (nSPS) is 10.2. The fourth-order valence-electron chi connectivity index (χ4n) is 1.22. The van der Waals surface area contributed by atoms with E-state index in [1.165, 1.54) is 11.3 Å². The first-order valence-electron chi connectivity index (χ1n) is 4.76. The number of hydrogen-bond acceptors (Lipinski definition) is 4. The van der Waals surface area contributed by atoms with Crippen molar-refractivity contribution in [2.75, 3.05) is 11.6 Å². The first-order chi connectivity index (χ1) is 8.19. The second-order valence-corrected chi connectivity index (χ2v) is 6.44. The van der Waals surface area contributed by atoms with Crippen molar-refractivity contribution in [2.24, 2.45) is 0 Å². The van der Waals surface area contributed by atoms with E-state index in [1.54, 1.807) is 18.0 Å². The Balaban J connectivity index is 2.09. The third-order valence-corrected chi connectivity index (χ3v) is 4.19. The van der Waals surface area contributed by atoms with E-state index < -0.39 is 0 Å². The first kappa shape index (κ1) is 12.6. The van der Waals surface area contributed by atoms with Gasteiger partial charge in [-0.2, -0.15) is 0 Å². The van der Waals surface area contributed by atoms with Gasteiger partial charge in [0, 0.05) is 10.5 Å². The van der Waals surface area contributed by atoms with Gasteiger partial charge in [0.1, 0.15) is 0 Å². The molecule has 0 aliphatic rings. The zero-order valence-electron chi connectivity index (χ0n) is 8.94. The van der Waals surface area contributed by atoms with Crippen molar-refractivity contribution in [3.63, 3.8) is 0 Å². The molecule has 0 atom stereocenters. The number of halogens is 1. The first-order valence-corrected chi connectivity index (χ1v) is 7.59. The quantitative estimate of drug-likeness (QED) is 0.869. The lowest BCUT2D eigenvalue weighted by Gasteiger charge is -2.02. The predicted molar refractivity (Wildman–Crippen MR) is 76.0 cm³/mol. The van der Waals surface area contributed by atoms with Crippen LogP contribution in [0.2, 0.25) is 0 Å². The Morgan fingerprint density at radius 3 is 2.65 bits per heavy atom. The number of thioether (sulfide) groups is 1. The van der Waals surface area contributed by atoms with Gasteiger partial charge in [-0.3, -0.25) is 10.1 Å². The number of thiazole rings is 1. The lowest BCUT2D eigenvalue weighted by molar-refractivity contribution is 0.102. The molecule has 2 aromatic rings. The highest BCUT2D eigenvalue weighted by Gasteiger charge is 2.08. The molecule has 0 radical (unpaired) electrons. The smallest absolute Gasteiger partial charge is 0.257 e. The molecule has 0 aliphatic carbocycles. The van der Waals surface area contributed by atoms with Crippen LogP contribution in [0.3, 0.4) is 0 Å². The van der Waals surface area contributed by atoms with E-state index in [-0.39, 0.29) is 5.91 Å². The highest BCUT2D eigenvalue weighted by atomic mass is 79.9. The zero-order valence-corrected chi connectivity index (χ0v) is 12.2. The molecule has 1 amide bonds. The number of amides is 1. The summed E-state index contributed by atoms with van der Waals surface area (Å²) in [5, 5.41) is 3.34. The molecule has 2 rings (SSSR count). The van der Waals surface area contributed by atoms with E-state index in [9.17, 15) is 4.79 Å². The zero-order chi connectivity index (χ0) is 12.3. The van der Waals surface area contributed by atoms with Gasteiger partial charge in [-0.25, -0.2) is 4.98 Å². The molecular weight excluding hydrogens is 320 g/mol. The number of aromatic nitrogens is 1. The van der Waals surface area contributed by atoms with Crippen LogP contribution in [0.25, 0.3) is 0 Å². The lowest BCUT2D eigenvalue weighted by Crippen LogP contribution is -2.11. The number of rotatable bonds is 3. The van der Waals surface area contributed by atoms with Crippen LogP contribution in [-0.4, -0.2) is 17.1 Å². The molecule has 6 heteroatoms. The summed E-state index contributed by atoms with van der Waals surface area (Å²) in [5.41, 5.74) is 0.633. The Morgan fingerprint density at radius 1 is 1.41 bits per heavy atom. The van der Waals surface area contributed by atoms with Crippen molar-refractivity contribution in [1.82, 2.24) is 4.98 Å². The number of carbonyl (C=O) groups is 1. The number of hydrogen-bond donors (Lipinski definition) is 1. The van der Waals surface area contributed by atoms with Crippen LogP contribution < -0.4 is 5.32 Å². The van der Waals surface area contributed by atoms with Gasteiger partial charge in [-0.15, -0.1) is 11.8 Å². The fourth-order valence-corrected chi connectivity index (χ4v) is 2.73. The maximum atomic E-state index is 11.9. The minimum absolute atomic E-state index is 0.139. The SMILES string of the molecule is CSc1ccc(C(=O)Nc2ncc(Br)s2)cc1. The monoisotopic (exact) mass is 328 g/mol. The molecular formula is C11H9BrN2OS2. The van der Waals surface area contributed by atoms with Crippen LogP contribution in [0.4, 0.5) is 5.13 Å². The molecule has 17 heavy (non-hydrogen) atoms. The molecule has 3 nitrogen and oxygen atoms in total. The Labute approximate surface area is 116 Å². The summed E-state index contributed by atoms with van der Waals surface area (Å²) < 4.78 is 0.894. The van der Waals surface area contributed by atoms with E-state index in [0.717, 1.165) is 8.68 Å². The molecule has 1 aromatic heterocycles. The summed E-state index contributed by atoms with van der Waals surface area (Å²) in [5.74, 6) is -0.139. The van der Waals surface area contributed by atoms with Gasteiger partial charge in [0.25, 0.3) is 5.91 Å². The molecule has 0 spiro atoms. The topological polar surface area (TPSA) is 42.0 Å². The molecule has 0 saturated carbocycles. The van der Waals surface area contributed by atoms with Gasteiger partial charge in [0.15, 0.2) is 5.13 Å². The highest BCUT2D eigenvalue weighted by molar-refractivity contribution is 9.11. The summed E-state index contributed by atoms with van der Waals surface area (Å²) in [6, 6.07) is 7.47. The summed E-state index contributed by atoms with van der Waals surface area (Å²) >= 11 is 6.34. The van der Waals surface area contributed by atoms with Gasteiger partial charge >= 0.3 is 0 Å². The number of anilines is 1. The van der Waals surface area contributed by atoms with Gasteiger partial charge in [0.05, 0.1) is 9.98 Å². The lowest BCUT2D eigenvalue weighted by atomic mass is 10.2. The van der Waals surface area contributed by atoms with Crippen molar-refractivity contribution in [2.45, 2.75) is 4.90 Å². The summed E-state index contributed by atoms with van der Waals surface area (Å²) in [4.78, 5) is 17.0. The number of nitrogens with zero attached hydrogens (tertiary/aromatic N) is 1. The third-order valence-electron chi connectivity index (χ3n) is 2.05. The van der Waals surface area contributed by atoms with Crippen molar-refractivity contribution in [3.8, 4) is 0 Å². The van der Waals surface area contributed by atoms with E-state index >= 15 is 0 Å². The van der Waals surface area contributed by atoms with Gasteiger partial charge in [-0.1, -0.05) is 11.3 Å². The molecule has 1 aromatic carbocycles. The van der Waals surface area contributed by atoms with Crippen molar-refractivity contribution >= 4 is 50.1 Å². The van der Waals surface area contributed by atoms with Crippen LogP contribution in [0.15, 0.2) is 39.1 Å². The second kappa shape index (κ2) is 5.66. The fraction of sp³-hybridized carbons (Fsp3) is 0.0909. The van der Waals surface area contributed by atoms with Crippen molar-refractivity contribution in [3.05, 3.63) is 39.8 Å². The van der Waals surface area contributed by atoms with Crippen LogP contribution >= 0.6 is 39.0 Å². The Bertz CT molecular complexity index is 525. The van der Waals surface area contributed by atoms with E-state index in [1.807, 2.05) is 30.5 Å². The molecule has 0 aliphatic heterocycles. The maximum Gasteiger partial charge on any atom is 0.257 e. The Morgan fingerprint density at radius 2 is 2.12 bits per heavy atom. The van der Waals surface area contributed by atoms with Gasteiger partial charge in [-0.05, 0) is 46.5 Å². The van der Waals surface area contributed by atoms with E-state index in [4.69, 9.17) is 0 Å². The van der Waals surface area contributed by atoms with E-state index in [0.29, 0.717) is 10.7 Å². The standard InChI is InChI=1S/C11H9BrN2OS2/c1-16-8-4-2-7(3-5-8)10(15)14-11-13-6-9(12)17-11/h2-6H,1H3,(H,13,14,15). The van der Waals surface area contributed by atoms with Crippen LogP contribution in [0.1, 0.15) is 10.4 Å². The maximum absolute atomic E-state index is 11.9. The minimum Gasteiger partial charge on any atom is -0.298 e. The summed E-state index contributed by atoms with van der Waals surface area (Å²) in [7, 11) is 0. The predicted octanol–water partition coefficient (Wildman–Crippen LogP) is 3.88. The van der Waals surface area contributed by atoms with Gasteiger partial charge < -0.3 is 0 Å². The molecule has 0 saturated heterocycles. The molecule has 1 heterocycles. The molecule has 0 bridgehead atoms. The Hall–Kier alpha value is -0.850. The van der Waals surface area contributed by atoms with Crippen LogP contribution in [0.5, 0.6) is 0 Å². The average Bonchev–Trinajstić information content (AvgIpc) is 2.75. The summed E-state index contributed by atoms with van der Waals surface area (Å²) in [6.07, 6.45) is 3.67. The minimum atomic E-state index is -0.139. The average molecular weight is 329 g/mol. The largest absolute Gasteiger partial charge is 0.298 e. The number of nitrogens with one attached hydrogen (secondary N) is 1. The number of carbonyl (C=O) groups excluding carboxylic acids is 1. The molecule has 88 valence electrons. The second-order valence-electron chi connectivity index (χ2n) is 3.15. The van der Waals surface area contributed by atoms with Crippen LogP contribution in [-0.2, 0) is 0 Å². The van der Waals surface area contributed by atoms with Crippen molar-refractivity contribution < 1.29 is 4.79 Å². The van der Waals surface area contributed by atoms with Gasteiger partial charge in [0.2, 0.25) is 0 Å². The third kappa shape index (κ3) is 3.31.